The molecule has 0 aliphatic heterocycles. The molecule has 0 aliphatic carbocycles. The maximum atomic E-state index is 5.96. The van der Waals surface area contributed by atoms with E-state index in [1.54, 1.807) is 43.5 Å². The highest BCUT2D eigenvalue weighted by Crippen LogP contribution is 2.28. The molecular weight excluding hydrogens is 351 g/mol. The van der Waals surface area contributed by atoms with Crippen molar-refractivity contribution in [1.29, 1.82) is 0 Å². The van der Waals surface area contributed by atoms with Crippen LogP contribution in [0.2, 0.25) is 15.1 Å². The number of benzene rings is 2. The lowest BCUT2D eigenvalue weighted by Gasteiger charge is -2.14. The number of anilines is 2. The average Bonchev–Trinajstić information content (AvgIpc) is 2.37. The first-order valence-electron chi connectivity index (χ1n) is 5.85. The summed E-state index contributed by atoms with van der Waals surface area (Å²) in [5.41, 5.74) is 1.35. The van der Waals surface area contributed by atoms with Gasteiger partial charge in [-0.2, -0.15) is 0 Å². The van der Waals surface area contributed by atoms with E-state index >= 15 is 0 Å². The number of halogens is 3. The molecule has 0 radical (unpaired) electrons. The Morgan fingerprint density at radius 1 is 0.952 bits per heavy atom. The zero-order chi connectivity index (χ0) is 15.4. The number of hydrogen-bond acceptors (Lipinski definition) is 2. The van der Waals surface area contributed by atoms with Gasteiger partial charge in [0, 0.05) is 20.8 Å². The van der Waals surface area contributed by atoms with Gasteiger partial charge >= 0.3 is 0 Å². The van der Waals surface area contributed by atoms with Crippen molar-refractivity contribution in [3.63, 3.8) is 0 Å². The lowest BCUT2D eigenvalue weighted by molar-refractivity contribution is 0.417. The zero-order valence-electron chi connectivity index (χ0n) is 10.9. The molecule has 3 nitrogen and oxygen atoms in total. The molecule has 0 aromatic heterocycles. The van der Waals surface area contributed by atoms with E-state index in [0.29, 0.717) is 37.3 Å². The second kappa shape index (κ2) is 7.18. The van der Waals surface area contributed by atoms with Crippen molar-refractivity contribution in [3.8, 4) is 5.75 Å². The summed E-state index contributed by atoms with van der Waals surface area (Å²) in [4.78, 5) is 0. The predicted molar refractivity (Wildman–Crippen MR) is 94.3 cm³/mol. The molecule has 7 heteroatoms. The fourth-order valence-corrected chi connectivity index (χ4v) is 2.61. The van der Waals surface area contributed by atoms with Crippen molar-refractivity contribution in [3.05, 3.63) is 51.5 Å². The first-order valence-corrected chi connectivity index (χ1v) is 7.40. The maximum absolute atomic E-state index is 5.96. The molecule has 0 amide bonds. The highest BCUT2D eigenvalue weighted by Gasteiger charge is 2.07. The molecular formula is C14H11Cl3N2OS. The summed E-state index contributed by atoms with van der Waals surface area (Å²) in [7, 11) is 1.57. The van der Waals surface area contributed by atoms with Gasteiger partial charge in [0.2, 0.25) is 0 Å². The fraction of sp³-hybridized carbons (Fsp3) is 0.0714. The molecule has 0 saturated carbocycles. The summed E-state index contributed by atoms with van der Waals surface area (Å²) in [6, 6.07) is 10.3. The third kappa shape index (κ3) is 4.64. The van der Waals surface area contributed by atoms with Crippen molar-refractivity contribution >= 4 is 63.5 Å². The van der Waals surface area contributed by atoms with Crippen molar-refractivity contribution < 1.29 is 4.74 Å². The van der Waals surface area contributed by atoms with Gasteiger partial charge in [0.05, 0.1) is 12.8 Å². The standard InChI is InChI=1S/C14H11Cl3N2OS/c1-20-13-3-2-8(15)7-12(13)19-14(21)18-11-5-9(16)4-10(17)6-11/h2-7H,1H3,(H2,18,19,21). The summed E-state index contributed by atoms with van der Waals surface area (Å²) in [6.07, 6.45) is 0. The molecule has 2 aromatic rings. The number of rotatable bonds is 3. The number of methoxy groups -OCH3 is 1. The Morgan fingerprint density at radius 2 is 1.62 bits per heavy atom. The molecule has 0 spiro atoms. The van der Waals surface area contributed by atoms with Gasteiger partial charge in [-0.1, -0.05) is 34.8 Å². The van der Waals surface area contributed by atoms with Gasteiger partial charge in [-0.05, 0) is 48.6 Å². The number of hydrogen-bond donors (Lipinski definition) is 2. The number of thiocarbonyl (C=S) groups is 1. The minimum Gasteiger partial charge on any atom is -0.495 e. The van der Waals surface area contributed by atoms with E-state index in [4.69, 9.17) is 51.8 Å². The van der Waals surface area contributed by atoms with Gasteiger partial charge < -0.3 is 15.4 Å². The smallest absolute Gasteiger partial charge is 0.175 e. The minimum atomic E-state index is 0.369. The van der Waals surface area contributed by atoms with Gasteiger partial charge in [0.25, 0.3) is 0 Å². The molecule has 21 heavy (non-hydrogen) atoms. The first-order chi connectivity index (χ1) is 9.97. The Bertz CT molecular complexity index is 659. The lowest BCUT2D eigenvalue weighted by atomic mass is 10.3. The molecule has 110 valence electrons. The topological polar surface area (TPSA) is 33.3 Å². The van der Waals surface area contributed by atoms with Crippen LogP contribution in [0.5, 0.6) is 5.75 Å². The van der Waals surface area contributed by atoms with Gasteiger partial charge in [-0.3, -0.25) is 0 Å². The van der Waals surface area contributed by atoms with Crippen LogP contribution in [0.15, 0.2) is 36.4 Å². The van der Waals surface area contributed by atoms with Gasteiger partial charge in [0.15, 0.2) is 5.11 Å². The van der Waals surface area contributed by atoms with Crippen LogP contribution in [-0.4, -0.2) is 12.2 Å². The third-order valence-corrected chi connectivity index (χ3v) is 3.41. The Kier molecular flexibility index (Phi) is 5.53. The highest BCUT2D eigenvalue weighted by atomic mass is 35.5. The average molecular weight is 362 g/mol. The van der Waals surface area contributed by atoms with Crippen LogP contribution in [0.25, 0.3) is 0 Å². The highest BCUT2D eigenvalue weighted by molar-refractivity contribution is 7.80. The van der Waals surface area contributed by atoms with Crippen LogP contribution in [0.4, 0.5) is 11.4 Å². The Balaban J connectivity index is 2.13. The molecule has 0 fully saturated rings. The second-order valence-corrected chi connectivity index (χ2v) is 5.80. The summed E-state index contributed by atoms with van der Waals surface area (Å²) in [5, 5.41) is 8.00. The van der Waals surface area contributed by atoms with E-state index < -0.39 is 0 Å². The molecule has 0 heterocycles. The first kappa shape index (κ1) is 16.2. The Labute approximate surface area is 143 Å². The Hall–Kier alpha value is -1.20. The van der Waals surface area contributed by atoms with Crippen molar-refractivity contribution in [2.45, 2.75) is 0 Å². The maximum Gasteiger partial charge on any atom is 0.175 e. The SMILES string of the molecule is COc1ccc(Cl)cc1NC(=S)Nc1cc(Cl)cc(Cl)c1. The molecule has 2 N–H and O–H groups in total. The lowest BCUT2D eigenvalue weighted by Crippen LogP contribution is -2.19. The summed E-state index contributed by atoms with van der Waals surface area (Å²) < 4.78 is 5.24. The van der Waals surface area contributed by atoms with Gasteiger partial charge in [0.1, 0.15) is 5.75 Å². The van der Waals surface area contributed by atoms with Crippen LogP contribution in [-0.2, 0) is 0 Å². The minimum absolute atomic E-state index is 0.369. The van der Waals surface area contributed by atoms with Crippen LogP contribution in [0, 0.1) is 0 Å². The van der Waals surface area contributed by atoms with Crippen molar-refractivity contribution in [2.24, 2.45) is 0 Å². The quantitative estimate of drug-likeness (QED) is 0.711. The molecule has 0 saturated heterocycles. The van der Waals surface area contributed by atoms with Crippen LogP contribution < -0.4 is 15.4 Å². The van der Waals surface area contributed by atoms with Crippen LogP contribution in [0.3, 0.4) is 0 Å². The Morgan fingerprint density at radius 3 is 2.24 bits per heavy atom. The summed E-state index contributed by atoms with van der Waals surface area (Å²) >= 11 is 23.1. The van der Waals surface area contributed by atoms with E-state index in [0.717, 1.165) is 0 Å². The summed E-state index contributed by atoms with van der Waals surface area (Å²) in [6.45, 7) is 0. The predicted octanol–water partition coefficient (Wildman–Crippen LogP) is 5.46. The molecule has 0 unspecified atom stereocenters. The van der Waals surface area contributed by atoms with Crippen LogP contribution in [0.1, 0.15) is 0 Å². The number of ether oxygens (including phenoxy) is 1. The van der Waals surface area contributed by atoms with E-state index in [1.807, 2.05) is 0 Å². The van der Waals surface area contributed by atoms with Crippen LogP contribution >= 0.6 is 47.0 Å². The molecule has 2 aromatic carbocycles. The fourth-order valence-electron chi connectivity index (χ4n) is 1.69. The zero-order valence-corrected chi connectivity index (χ0v) is 14.0. The molecule has 0 bridgehead atoms. The monoisotopic (exact) mass is 360 g/mol. The largest absolute Gasteiger partial charge is 0.495 e. The van der Waals surface area contributed by atoms with E-state index in [2.05, 4.69) is 10.6 Å². The summed E-state index contributed by atoms with van der Waals surface area (Å²) in [5.74, 6) is 0.632. The van der Waals surface area contributed by atoms with E-state index in [9.17, 15) is 0 Å². The van der Waals surface area contributed by atoms with Crippen molar-refractivity contribution in [1.82, 2.24) is 0 Å². The van der Waals surface area contributed by atoms with Gasteiger partial charge in [-0.15, -0.1) is 0 Å². The second-order valence-electron chi connectivity index (χ2n) is 4.08. The van der Waals surface area contributed by atoms with Crippen molar-refractivity contribution in [2.75, 3.05) is 17.7 Å². The van der Waals surface area contributed by atoms with E-state index in [-0.39, 0.29) is 0 Å². The number of nitrogens with one attached hydrogen (secondary N) is 2. The molecule has 0 atom stereocenters. The van der Waals surface area contributed by atoms with E-state index in [1.165, 1.54) is 0 Å². The molecule has 0 aliphatic rings. The molecule has 2 rings (SSSR count). The normalized spacial score (nSPS) is 10.1. The van der Waals surface area contributed by atoms with Gasteiger partial charge in [-0.25, -0.2) is 0 Å². The third-order valence-electron chi connectivity index (χ3n) is 2.53.